The van der Waals surface area contributed by atoms with Crippen molar-refractivity contribution >= 4 is 35.7 Å². The summed E-state index contributed by atoms with van der Waals surface area (Å²) < 4.78 is 75.8. The lowest BCUT2D eigenvalue weighted by Crippen LogP contribution is -2.40. The van der Waals surface area contributed by atoms with Crippen LogP contribution in [0, 0.1) is 0 Å². The lowest BCUT2D eigenvalue weighted by molar-refractivity contribution is -0.266. The Bertz CT molecular complexity index is 526. The Kier molecular flexibility index (Phi) is 4.19. The molecule has 0 aliphatic rings. The van der Waals surface area contributed by atoms with Crippen LogP contribution in [-0.2, 0) is 9.05 Å². The summed E-state index contributed by atoms with van der Waals surface area (Å²) in [5.74, 6) is -0.636. The van der Waals surface area contributed by atoms with Gasteiger partial charge in [0.2, 0.25) is 0 Å². The van der Waals surface area contributed by atoms with Gasteiger partial charge >= 0.3 is 10.9 Å². The number of benzene rings is 1. The maximum absolute atomic E-state index is 12.8. The molecule has 0 atom stereocenters. The summed E-state index contributed by atoms with van der Waals surface area (Å²) in [4.78, 5) is -4.93. The van der Waals surface area contributed by atoms with E-state index >= 15 is 0 Å². The van der Waals surface area contributed by atoms with E-state index < -0.39 is 25.7 Å². The zero-order valence-corrected chi connectivity index (χ0v) is 11.4. The van der Waals surface area contributed by atoms with Gasteiger partial charge in [-0.15, -0.1) is 0 Å². The Labute approximate surface area is 112 Å². The minimum absolute atomic E-state index is 0.370. The van der Waals surface area contributed by atoms with E-state index in [-0.39, 0.29) is 4.90 Å². The summed E-state index contributed by atoms with van der Waals surface area (Å²) in [5, 5.41) is 0. The predicted octanol–water partition coefficient (Wildman–Crippen LogP) is 3.57. The molecule has 18 heavy (non-hydrogen) atoms. The molecule has 3 nitrogen and oxygen atoms in total. The summed E-state index contributed by atoms with van der Waals surface area (Å²) in [5.41, 5.74) is 0. The maximum Gasteiger partial charge on any atom is 0.475 e. The quantitative estimate of drug-likeness (QED) is 0.462. The molecular formula is C8H4BrClF4O3S. The van der Waals surface area contributed by atoms with E-state index in [9.17, 15) is 26.0 Å². The van der Waals surface area contributed by atoms with Crippen LogP contribution in [0.25, 0.3) is 0 Å². The van der Waals surface area contributed by atoms with Crippen LogP contribution < -0.4 is 4.74 Å². The molecule has 0 aliphatic heterocycles. The van der Waals surface area contributed by atoms with E-state index in [1.807, 2.05) is 0 Å². The third-order valence-electron chi connectivity index (χ3n) is 1.68. The summed E-state index contributed by atoms with van der Waals surface area (Å²) in [6.45, 7) is 0. The Morgan fingerprint density at radius 3 is 1.89 bits per heavy atom. The molecule has 0 radical (unpaired) electrons. The Hall–Kier alpha value is -0.540. The first-order valence-corrected chi connectivity index (χ1v) is 7.22. The summed E-state index contributed by atoms with van der Waals surface area (Å²) in [6, 6.07) is 3.25. The first-order valence-electron chi connectivity index (χ1n) is 4.12. The lowest BCUT2D eigenvalue weighted by Gasteiger charge is -2.21. The fourth-order valence-electron chi connectivity index (χ4n) is 0.876. The van der Waals surface area contributed by atoms with Gasteiger partial charge in [-0.1, -0.05) is 0 Å². The van der Waals surface area contributed by atoms with Crippen molar-refractivity contribution in [3.05, 3.63) is 24.3 Å². The first-order chi connectivity index (χ1) is 7.93. The van der Waals surface area contributed by atoms with Crippen LogP contribution in [0.3, 0.4) is 0 Å². The highest BCUT2D eigenvalue weighted by Crippen LogP contribution is 2.40. The molecule has 1 aromatic carbocycles. The lowest BCUT2D eigenvalue weighted by atomic mass is 10.3. The van der Waals surface area contributed by atoms with Crippen molar-refractivity contribution in [3.63, 3.8) is 0 Å². The van der Waals surface area contributed by atoms with Crippen molar-refractivity contribution in [2.24, 2.45) is 0 Å². The van der Waals surface area contributed by atoms with Gasteiger partial charge in [0.1, 0.15) is 5.75 Å². The first kappa shape index (κ1) is 15.5. The summed E-state index contributed by atoms with van der Waals surface area (Å²) in [6.07, 6.45) is -4.78. The molecule has 0 aromatic heterocycles. The predicted molar refractivity (Wildman–Crippen MR) is 58.9 cm³/mol. The minimum Gasteiger partial charge on any atom is -0.427 e. The van der Waals surface area contributed by atoms with Crippen molar-refractivity contribution < 1.29 is 30.7 Å². The van der Waals surface area contributed by atoms with Crippen LogP contribution in [0.1, 0.15) is 0 Å². The molecule has 0 saturated heterocycles. The van der Waals surface area contributed by atoms with Crippen LogP contribution in [0.5, 0.6) is 5.75 Å². The van der Waals surface area contributed by atoms with Gasteiger partial charge in [-0.05, 0) is 24.3 Å². The van der Waals surface area contributed by atoms with Crippen LogP contribution >= 0.6 is 26.6 Å². The Morgan fingerprint density at radius 1 is 1.11 bits per heavy atom. The van der Waals surface area contributed by atoms with Crippen molar-refractivity contribution in [1.29, 1.82) is 0 Å². The van der Waals surface area contributed by atoms with Gasteiger partial charge in [0.25, 0.3) is 9.05 Å². The van der Waals surface area contributed by atoms with Crippen LogP contribution in [0.2, 0.25) is 0 Å². The molecule has 1 aromatic rings. The molecule has 0 fully saturated rings. The number of rotatable bonds is 4. The molecule has 0 aliphatic carbocycles. The van der Waals surface area contributed by atoms with Crippen molar-refractivity contribution in [1.82, 2.24) is 0 Å². The molecule has 0 bridgehead atoms. The third-order valence-corrected chi connectivity index (χ3v) is 3.51. The van der Waals surface area contributed by atoms with Crippen LogP contribution in [0.4, 0.5) is 17.6 Å². The zero-order chi connectivity index (χ0) is 14.2. The highest BCUT2D eigenvalue weighted by Gasteiger charge is 2.57. The standard InChI is InChI=1S/C8H4BrClF4O3S/c9-7(11,12)8(13,14)17-5-1-3-6(4-2-5)18(10,15)16/h1-4H. The van der Waals surface area contributed by atoms with Gasteiger partial charge in [-0.25, -0.2) is 8.42 Å². The molecule has 102 valence electrons. The van der Waals surface area contributed by atoms with Crippen molar-refractivity contribution in [2.45, 2.75) is 15.8 Å². The monoisotopic (exact) mass is 370 g/mol. The fourth-order valence-corrected chi connectivity index (χ4v) is 1.73. The molecule has 0 heterocycles. The number of hydrogen-bond donors (Lipinski definition) is 0. The molecule has 0 saturated carbocycles. The van der Waals surface area contributed by atoms with Crippen LogP contribution in [-0.4, -0.2) is 19.4 Å². The molecule has 0 amide bonds. The summed E-state index contributed by atoms with van der Waals surface area (Å²) >= 11 is 1.48. The Morgan fingerprint density at radius 2 is 1.56 bits per heavy atom. The van der Waals surface area contributed by atoms with Crippen LogP contribution in [0.15, 0.2) is 29.2 Å². The summed E-state index contributed by atoms with van der Waals surface area (Å²) in [7, 11) is 0.952. The third kappa shape index (κ3) is 3.72. The van der Waals surface area contributed by atoms with Gasteiger partial charge in [0.05, 0.1) is 4.90 Å². The van der Waals surface area contributed by atoms with Gasteiger partial charge in [-0.3, -0.25) is 0 Å². The van der Waals surface area contributed by atoms with Gasteiger partial charge in [-0.2, -0.15) is 17.6 Å². The van der Waals surface area contributed by atoms with E-state index in [4.69, 9.17) is 10.7 Å². The van der Waals surface area contributed by atoms with E-state index in [2.05, 4.69) is 4.74 Å². The smallest absolute Gasteiger partial charge is 0.427 e. The molecular weight excluding hydrogens is 368 g/mol. The largest absolute Gasteiger partial charge is 0.475 e. The fraction of sp³-hybridized carbons (Fsp3) is 0.250. The topological polar surface area (TPSA) is 43.4 Å². The van der Waals surface area contributed by atoms with Crippen molar-refractivity contribution in [2.75, 3.05) is 0 Å². The number of hydrogen-bond acceptors (Lipinski definition) is 3. The normalized spacial score (nSPS) is 13.4. The second kappa shape index (κ2) is 4.86. The molecule has 10 heteroatoms. The van der Waals surface area contributed by atoms with Gasteiger partial charge < -0.3 is 4.74 Å². The second-order valence-corrected chi connectivity index (χ2v) is 6.59. The molecule has 0 spiro atoms. The molecule has 1 rings (SSSR count). The number of alkyl halides is 5. The molecule has 0 N–H and O–H groups in total. The second-order valence-electron chi connectivity index (χ2n) is 3.03. The SMILES string of the molecule is O=S(=O)(Cl)c1ccc(OC(F)(F)C(F)(F)Br)cc1. The van der Waals surface area contributed by atoms with Gasteiger partial charge in [0.15, 0.2) is 0 Å². The zero-order valence-electron chi connectivity index (χ0n) is 8.21. The van der Waals surface area contributed by atoms with E-state index in [1.54, 1.807) is 0 Å². The highest BCUT2D eigenvalue weighted by molar-refractivity contribution is 9.10. The average molecular weight is 372 g/mol. The number of halogens is 6. The highest BCUT2D eigenvalue weighted by atomic mass is 79.9. The molecule has 0 unspecified atom stereocenters. The van der Waals surface area contributed by atoms with E-state index in [0.29, 0.717) is 0 Å². The number of ether oxygens (including phenoxy) is 1. The van der Waals surface area contributed by atoms with Gasteiger partial charge in [0, 0.05) is 26.6 Å². The average Bonchev–Trinajstić information content (AvgIpc) is 2.14. The Balaban J connectivity index is 2.95. The van der Waals surface area contributed by atoms with Crippen molar-refractivity contribution in [3.8, 4) is 5.75 Å². The van der Waals surface area contributed by atoms with E-state index in [0.717, 1.165) is 24.3 Å². The maximum atomic E-state index is 12.8. The van der Waals surface area contributed by atoms with E-state index in [1.165, 1.54) is 15.9 Å². The minimum atomic E-state index is -4.78.